The van der Waals surface area contributed by atoms with Crippen LogP contribution in [0.4, 0.5) is 8.78 Å². The summed E-state index contributed by atoms with van der Waals surface area (Å²) in [6, 6.07) is 0. The average molecular weight is 377 g/mol. The van der Waals surface area contributed by atoms with Gasteiger partial charge in [0.25, 0.3) is 0 Å². The minimum atomic E-state index is -0.551. The van der Waals surface area contributed by atoms with E-state index >= 15 is 0 Å². The Morgan fingerprint density at radius 2 is 1.31 bits per heavy atom. The zero-order chi connectivity index (χ0) is 20.4. The van der Waals surface area contributed by atoms with Crippen molar-refractivity contribution in [1.82, 2.24) is 0 Å². The summed E-state index contributed by atoms with van der Waals surface area (Å²) in [6.07, 6.45) is 14.4. The maximum atomic E-state index is 14.0. The minimum Gasteiger partial charge on any atom is -0.255 e. The first-order chi connectivity index (χ1) is 12.5. The second-order valence-corrected chi connectivity index (χ2v) is 8.43. The Morgan fingerprint density at radius 3 is 1.69 bits per heavy atom. The first-order valence-corrected chi connectivity index (χ1v) is 11.5. The number of hydrogen-bond donors (Lipinski definition) is 0. The minimum absolute atomic E-state index is 0.359. The van der Waals surface area contributed by atoms with E-state index in [1.54, 1.807) is 0 Å². The Bertz CT molecular complexity index is 253. The van der Waals surface area contributed by atoms with Gasteiger partial charge in [-0.3, -0.25) is 4.39 Å². The summed E-state index contributed by atoms with van der Waals surface area (Å²) in [4.78, 5) is 0. The zero-order valence-electron chi connectivity index (χ0n) is 19.1. The molecule has 2 atom stereocenters. The molecule has 0 nitrogen and oxygen atoms in total. The van der Waals surface area contributed by atoms with E-state index in [9.17, 15) is 8.78 Å². The first kappa shape index (κ1) is 28.1. The molecule has 2 unspecified atom stereocenters. The highest BCUT2D eigenvalue weighted by Gasteiger charge is 2.30. The molecule has 0 N–H and O–H groups in total. The van der Waals surface area contributed by atoms with Crippen LogP contribution in [0.25, 0.3) is 0 Å². The lowest BCUT2D eigenvalue weighted by atomic mass is 9.73. The van der Waals surface area contributed by atoms with Gasteiger partial charge in [0.1, 0.15) is 6.17 Å². The second-order valence-electron chi connectivity index (χ2n) is 8.43. The summed E-state index contributed by atoms with van der Waals surface area (Å²) < 4.78 is 23.5. The van der Waals surface area contributed by atoms with Gasteiger partial charge in [0.2, 0.25) is 0 Å². The van der Waals surface area contributed by atoms with Gasteiger partial charge in [-0.15, -0.1) is 0 Å². The number of alkyl halides is 2. The van der Waals surface area contributed by atoms with Crippen LogP contribution in [0.1, 0.15) is 119 Å². The molecule has 0 aromatic rings. The number of unbranched alkanes of at least 4 members (excludes halogenated alkanes) is 1. The van der Waals surface area contributed by atoms with E-state index in [1.165, 1.54) is 64.2 Å². The number of halogens is 2. The van der Waals surface area contributed by atoms with Crippen molar-refractivity contribution < 1.29 is 8.78 Å². The van der Waals surface area contributed by atoms with Crippen molar-refractivity contribution in [3.05, 3.63) is 0 Å². The van der Waals surface area contributed by atoms with E-state index < -0.39 is 6.17 Å². The Kier molecular flexibility index (Phi) is 21.2. The fraction of sp³-hybridized carbons (Fsp3) is 1.00. The molecule has 0 bridgehead atoms. The fourth-order valence-electron chi connectivity index (χ4n) is 4.30. The van der Waals surface area contributed by atoms with Crippen LogP contribution in [-0.4, -0.2) is 13.3 Å². The average Bonchev–Trinajstić information content (AvgIpc) is 2.65. The molecule has 1 rings (SSSR count). The number of rotatable bonds is 10. The van der Waals surface area contributed by atoms with Gasteiger partial charge in [0.15, 0.2) is 0 Å². The van der Waals surface area contributed by atoms with Gasteiger partial charge in [-0.2, -0.15) is 0 Å². The van der Waals surface area contributed by atoms with Crippen molar-refractivity contribution in [1.29, 1.82) is 0 Å². The third-order valence-electron chi connectivity index (χ3n) is 5.97. The van der Waals surface area contributed by atoms with Crippen LogP contribution in [0.3, 0.4) is 0 Å². The molecule has 0 heterocycles. The van der Waals surface area contributed by atoms with Gasteiger partial charge in [-0.1, -0.05) is 92.9 Å². The van der Waals surface area contributed by atoms with Crippen molar-refractivity contribution in [2.24, 2.45) is 23.7 Å². The van der Waals surface area contributed by atoms with Crippen molar-refractivity contribution in [3.63, 3.8) is 0 Å². The molecule has 1 aliphatic rings. The molecule has 0 amide bonds. The molecule has 0 saturated heterocycles. The van der Waals surface area contributed by atoms with Crippen molar-refractivity contribution in [2.45, 2.75) is 125 Å². The SMILES string of the molecule is CCCC(C)CCC.CCCCC(C(F)CC)C1CCC(C)CC1.CF. The summed E-state index contributed by atoms with van der Waals surface area (Å²) in [5, 5.41) is 0. The monoisotopic (exact) mass is 376 g/mol. The quantitative estimate of drug-likeness (QED) is 0.356. The molecule has 1 aliphatic carbocycles. The highest BCUT2D eigenvalue weighted by Crippen LogP contribution is 2.38. The van der Waals surface area contributed by atoms with Gasteiger partial charge in [0, 0.05) is 0 Å². The van der Waals surface area contributed by atoms with Crippen LogP contribution in [0.5, 0.6) is 0 Å². The van der Waals surface area contributed by atoms with E-state index in [0.29, 0.717) is 25.4 Å². The van der Waals surface area contributed by atoms with Crippen LogP contribution >= 0.6 is 0 Å². The Labute approximate surface area is 164 Å². The fourth-order valence-corrected chi connectivity index (χ4v) is 4.30. The summed E-state index contributed by atoms with van der Waals surface area (Å²) in [5.41, 5.74) is 0. The zero-order valence-corrected chi connectivity index (χ0v) is 19.1. The maximum absolute atomic E-state index is 14.0. The summed E-state index contributed by atoms with van der Waals surface area (Å²) in [5.74, 6) is 2.88. The lowest BCUT2D eigenvalue weighted by Gasteiger charge is -2.34. The lowest BCUT2D eigenvalue weighted by molar-refractivity contribution is 0.109. The van der Waals surface area contributed by atoms with E-state index in [1.807, 2.05) is 6.92 Å². The highest BCUT2D eigenvalue weighted by atomic mass is 19.1. The smallest absolute Gasteiger partial charge is 0.103 e. The van der Waals surface area contributed by atoms with E-state index in [-0.39, 0.29) is 0 Å². The first-order valence-electron chi connectivity index (χ1n) is 11.5. The van der Waals surface area contributed by atoms with Crippen LogP contribution in [0.15, 0.2) is 0 Å². The predicted octanol–water partition coefficient (Wildman–Crippen LogP) is 9.18. The molecule has 0 radical (unpaired) electrons. The van der Waals surface area contributed by atoms with Crippen LogP contribution in [-0.2, 0) is 0 Å². The second kappa shape index (κ2) is 19.6. The topological polar surface area (TPSA) is 0 Å². The molecule has 0 aromatic heterocycles. The molecule has 0 spiro atoms. The normalized spacial score (nSPS) is 21.9. The van der Waals surface area contributed by atoms with Gasteiger partial charge in [0.05, 0.1) is 7.18 Å². The van der Waals surface area contributed by atoms with E-state index in [2.05, 4.69) is 34.6 Å². The molecule has 1 saturated carbocycles. The van der Waals surface area contributed by atoms with Crippen molar-refractivity contribution in [3.8, 4) is 0 Å². The van der Waals surface area contributed by atoms with E-state index in [0.717, 1.165) is 18.3 Å². The largest absolute Gasteiger partial charge is 0.255 e. The van der Waals surface area contributed by atoms with Gasteiger partial charge in [-0.25, -0.2) is 4.39 Å². The molecule has 1 fully saturated rings. The molecular formula is C24H50F2. The van der Waals surface area contributed by atoms with Gasteiger partial charge in [-0.05, 0) is 49.4 Å². The van der Waals surface area contributed by atoms with Crippen LogP contribution < -0.4 is 0 Å². The highest BCUT2D eigenvalue weighted by molar-refractivity contribution is 4.80. The molecule has 26 heavy (non-hydrogen) atoms. The summed E-state index contributed by atoms with van der Waals surface area (Å²) in [6.45, 7) is 13.4. The third kappa shape index (κ3) is 14.0. The van der Waals surface area contributed by atoms with E-state index in [4.69, 9.17) is 0 Å². The Morgan fingerprint density at radius 1 is 0.808 bits per heavy atom. The standard InChI is InChI=1S/C15H29F.C8H18.CH3F/c1-4-6-7-14(15(16)5-2)13-10-8-12(3)9-11-13;1-4-6-8(3)7-5-2;1-2/h12-15H,4-11H2,1-3H3;8H,4-7H2,1-3H3;1H3. The van der Waals surface area contributed by atoms with Crippen LogP contribution in [0.2, 0.25) is 0 Å². The van der Waals surface area contributed by atoms with Crippen LogP contribution in [0, 0.1) is 23.7 Å². The molecule has 160 valence electrons. The molecule has 0 aromatic carbocycles. The summed E-state index contributed by atoms with van der Waals surface area (Å²) in [7, 11) is 0.500. The van der Waals surface area contributed by atoms with Gasteiger partial charge < -0.3 is 0 Å². The predicted molar refractivity (Wildman–Crippen MR) is 115 cm³/mol. The molecule has 2 heteroatoms. The van der Waals surface area contributed by atoms with Crippen molar-refractivity contribution in [2.75, 3.05) is 7.18 Å². The Balaban J connectivity index is 0. The van der Waals surface area contributed by atoms with Crippen molar-refractivity contribution >= 4 is 0 Å². The van der Waals surface area contributed by atoms with Gasteiger partial charge >= 0.3 is 0 Å². The number of hydrogen-bond acceptors (Lipinski definition) is 0. The lowest BCUT2D eigenvalue weighted by Crippen LogP contribution is -2.28. The maximum Gasteiger partial charge on any atom is 0.103 e. The Hall–Kier alpha value is -0.140. The molecular weight excluding hydrogens is 326 g/mol. The molecule has 0 aliphatic heterocycles. The third-order valence-corrected chi connectivity index (χ3v) is 5.97. The summed E-state index contributed by atoms with van der Waals surface area (Å²) >= 11 is 0.